The molecule has 31 heavy (non-hydrogen) atoms. The zero-order chi connectivity index (χ0) is 22.1. The SMILES string of the molecule is COC(=O)[C@H]1C[C@H]2CN(C(=O)CCc3n[nH]c(C)c3C)CC(=O)N2[C@H]1c1ccccc1. The fourth-order valence-corrected chi connectivity index (χ4v) is 4.81. The van der Waals surface area contributed by atoms with E-state index in [1.54, 1.807) is 9.80 Å². The third kappa shape index (κ3) is 3.94. The van der Waals surface area contributed by atoms with Crippen LogP contribution < -0.4 is 0 Å². The Morgan fingerprint density at radius 1 is 1.23 bits per heavy atom. The van der Waals surface area contributed by atoms with Gasteiger partial charge in [-0.1, -0.05) is 30.3 Å². The van der Waals surface area contributed by atoms with Gasteiger partial charge in [0, 0.05) is 25.1 Å². The second-order valence-electron chi connectivity index (χ2n) is 8.37. The molecule has 8 heteroatoms. The summed E-state index contributed by atoms with van der Waals surface area (Å²) in [6, 6.07) is 9.01. The minimum absolute atomic E-state index is 0.0329. The fraction of sp³-hybridized carbons (Fsp3) is 0.478. The molecule has 2 amide bonds. The van der Waals surface area contributed by atoms with Crippen molar-refractivity contribution in [3.05, 3.63) is 52.8 Å². The van der Waals surface area contributed by atoms with Gasteiger partial charge in [0.25, 0.3) is 0 Å². The molecule has 4 rings (SSSR count). The summed E-state index contributed by atoms with van der Waals surface area (Å²) in [7, 11) is 1.37. The molecule has 2 aromatic rings. The number of benzene rings is 1. The van der Waals surface area contributed by atoms with Crippen LogP contribution in [0, 0.1) is 19.8 Å². The second-order valence-corrected chi connectivity index (χ2v) is 8.37. The summed E-state index contributed by atoms with van der Waals surface area (Å²) in [5.41, 5.74) is 3.86. The van der Waals surface area contributed by atoms with Crippen molar-refractivity contribution < 1.29 is 19.1 Å². The highest BCUT2D eigenvalue weighted by Crippen LogP contribution is 2.43. The van der Waals surface area contributed by atoms with E-state index in [0.29, 0.717) is 25.8 Å². The summed E-state index contributed by atoms with van der Waals surface area (Å²) in [5.74, 6) is -0.952. The average molecular weight is 425 g/mol. The highest BCUT2D eigenvalue weighted by molar-refractivity contribution is 5.88. The van der Waals surface area contributed by atoms with Crippen LogP contribution in [0.5, 0.6) is 0 Å². The van der Waals surface area contributed by atoms with Crippen LogP contribution in [0.3, 0.4) is 0 Å². The van der Waals surface area contributed by atoms with Crippen molar-refractivity contribution in [2.45, 2.75) is 45.2 Å². The first-order chi connectivity index (χ1) is 14.9. The zero-order valence-electron chi connectivity index (χ0n) is 18.1. The molecule has 3 heterocycles. The van der Waals surface area contributed by atoms with Gasteiger partial charge < -0.3 is 14.5 Å². The van der Waals surface area contributed by atoms with Crippen molar-refractivity contribution in [1.82, 2.24) is 20.0 Å². The van der Waals surface area contributed by atoms with Gasteiger partial charge in [0.15, 0.2) is 0 Å². The first kappa shape index (κ1) is 21.1. The maximum Gasteiger partial charge on any atom is 0.311 e. The van der Waals surface area contributed by atoms with Gasteiger partial charge in [-0.05, 0) is 31.4 Å². The van der Waals surface area contributed by atoms with E-state index in [1.807, 2.05) is 44.2 Å². The molecule has 0 spiro atoms. The van der Waals surface area contributed by atoms with Crippen molar-refractivity contribution in [2.24, 2.45) is 5.92 Å². The van der Waals surface area contributed by atoms with Crippen molar-refractivity contribution in [2.75, 3.05) is 20.2 Å². The number of rotatable bonds is 5. The van der Waals surface area contributed by atoms with Gasteiger partial charge in [-0.15, -0.1) is 0 Å². The number of aromatic amines is 1. The summed E-state index contributed by atoms with van der Waals surface area (Å²) in [6.45, 7) is 4.40. The number of hydrogen-bond acceptors (Lipinski definition) is 5. The van der Waals surface area contributed by atoms with Gasteiger partial charge in [-0.2, -0.15) is 5.10 Å². The number of amides is 2. The Balaban J connectivity index is 1.49. The smallest absolute Gasteiger partial charge is 0.311 e. The molecule has 0 aliphatic carbocycles. The van der Waals surface area contributed by atoms with Crippen LogP contribution in [-0.2, 0) is 25.5 Å². The summed E-state index contributed by atoms with van der Waals surface area (Å²) in [6.07, 6.45) is 1.32. The number of fused-ring (bicyclic) bond motifs is 1. The quantitative estimate of drug-likeness (QED) is 0.740. The number of aromatic nitrogens is 2. The van der Waals surface area contributed by atoms with E-state index in [4.69, 9.17) is 4.74 Å². The van der Waals surface area contributed by atoms with Crippen LogP contribution in [0.25, 0.3) is 0 Å². The lowest BCUT2D eigenvalue weighted by molar-refractivity contribution is -0.150. The van der Waals surface area contributed by atoms with E-state index in [9.17, 15) is 14.4 Å². The summed E-state index contributed by atoms with van der Waals surface area (Å²) >= 11 is 0. The molecule has 2 saturated heterocycles. The topological polar surface area (TPSA) is 95.6 Å². The standard InChI is InChI=1S/C23H28N4O4/c1-14-15(2)24-25-19(14)9-10-20(28)26-12-17-11-18(23(30)31-3)22(27(17)21(29)13-26)16-7-5-4-6-8-16/h4-8,17-18,22H,9-13H2,1-3H3,(H,24,25)/t17-,18-,22-/m0/s1. The molecular formula is C23H28N4O4. The Bertz CT molecular complexity index is 987. The van der Waals surface area contributed by atoms with Crippen LogP contribution >= 0.6 is 0 Å². The fourth-order valence-electron chi connectivity index (χ4n) is 4.81. The number of carbonyl (C=O) groups is 3. The highest BCUT2D eigenvalue weighted by atomic mass is 16.5. The molecule has 8 nitrogen and oxygen atoms in total. The Labute approximate surface area is 181 Å². The van der Waals surface area contributed by atoms with Gasteiger partial charge in [-0.3, -0.25) is 19.5 Å². The summed E-state index contributed by atoms with van der Waals surface area (Å²) in [4.78, 5) is 41.9. The van der Waals surface area contributed by atoms with Gasteiger partial charge in [0.2, 0.25) is 11.8 Å². The van der Waals surface area contributed by atoms with Crippen molar-refractivity contribution >= 4 is 17.8 Å². The number of aryl methyl sites for hydroxylation is 2. The van der Waals surface area contributed by atoms with Crippen molar-refractivity contribution in [1.29, 1.82) is 0 Å². The molecule has 2 aliphatic rings. The predicted octanol–water partition coefficient (Wildman–Crippen LogP) is 1.93. The Morgan fingerprint density at radius 2 is 1.97 bits per heavy atom. The molecule has 0 unspecified atom stereocenters. The normalized spacial score (nSPS) is 23.1. The lowest BCUT2D eigenvalue weighted by atomic mass is 9.93. The van der Waals surface area contributed by atoms with Gasteiger partial charge >= 0.3 is 5.97 Å². The maximum atomic E-state index is 13.1. The predicted molar refractivity (Wildman–Crippen MR) is 113 cm³/mol. The number of H-pyrrole nitrogens is 1. The number of methoxy groups -OCH3 is 1. The third-order valence-electron chi connectivity index (χ3n) is 6.57. The van der Waals surface area contributed by atoms with Gasteiger partial charge in [-0.25, -0.2) is 0 Å². The van der Waals surface area contributed by atoms with E-state index in [2.05, 4.69) is 10.2 Å². The molecule has 2 aliphatic heterocycles. The third-order valence-corrected chi connectivity index (χ3v) is 6.57. The minimum atomic E-state index is -0.439. The molecule has 164 valence electrons. The van der Waals surface area contributed by atoms with E-state index in [1.165, 1.54) is 7.11 Å². The van der Waals surface area contributed by atoms with Crippen molar-refractivity contribution in [3.63, 3.8) is 0 Å². The lowest BCUT2D eigenvalue weighted by Crippen LogP contribution is -2.55. The first-order valence-corrected chi connectivity index (χ1v) is 10.6. The number of carbonyl (C=O) groups excluding carboxylic acids is 3. The van der Waals surface area contributed by atoms with Gasteiger partial charge in [0.05, 0.1) is 37.4 Å². The number of nitrogens with zero attached hydrogens (tertiary/aromatic N) is 3. The first-order valence-electron chi connectivity index (χ1n) is 10.6. The van der Waals surface area contributed by atoms with Crippen LogP contribution in [-0.4, -0.2) is 64.0 Å². The molecule has 3 atom stereocenters. The number of hydrogen-bond donors (Lipinski definition) is 1. The number of piperazine rings is 1. The lowest BCUT2D eigenvalue weighted by Gasteiger charge is -2.40. The molecule has 1 aromatic carbocycles. The second kappa shape index (κ2) is 8.53. The minimum Gasteiger partial charge on any atom is -0.469 e. The molecular weight excluding hydrogens is 396 g/mol. The summed E-state index contributed by atoms with van der Waals surface area (Å²) < 4.78 is 5.03. The average Bonchev–Trinajstić information content (AvgIpc) is 3.32. The number of esters is 1. The molecule has 0 bridgehead atoms. The van der Waals surface area contributed by atoms with Crippen molar-refractivity contribution in [3.8, 4) is 0 Å². The van der Waals surface area contributed by atoms with Crippen LogP contribution in [0.2, 0.25) is 0 Å². The molecule has 1 aromatic heterocycles. The molecule has 1 N–H and O–H groups in total. The van der Waals surface area contributed by atoms with Crippen LogP contribution in [0.1, 0.15) is 41.4 Å². The molecule has 0 radical (unpaired) electrons. The Kier molecular flexibility index (Phi) is 5.80. The molecule has 0 saturated carbocycles. The van der Waals surface area contributed by atoms with Crippen LogP contribution in [0.4, 0.5) is 0 Å². The van der Waals surface area contributed by atoms with E-state index >= 15 is 0 Å². The largest absolute Gasteiger partial charge is 0.469 e. The maximum absolute atomic E-state index is 13.1. The Hall–Kier alpha value is -3.16. The van der Waals surface area contributed by atoms with E-state index < -0.39 is 5.92 Å². The van der Waals surface area contributed by atoms with Gasteiger partial charge in [0.1, 0.15) is 0 Å². The monoisotopic (exact) mass is 424 g/mol. The summed E-state index contributed by atoms with van der Waals surface area (Å²) in [5, 5.41) is 7.20. The molecule has 2 fully saturated rings. The van der Waals surface area contributed by atoms with E-state index in [-0.39, 0.29) is 36.4 Å². The Morgan fingerprint density at radius 3 is 2.61 bits per heavy atom. The number of nitrogens with one attached hydrogen (secondary N) is 1. The number of ether oxygens (including phenoxy) is 1. The highest BCUT2D eigenvalue weighted by Gasteiger charge is 2.51. The van der Waals surface area contributed by atoms with Crippen LogP contribution in [0.15, 0.2) is 30.3 Å². The van der Waals surface area contributed by atoms with E-state index in [0.717, 1.165) is 22.5 Å². The zero-order valence-corrected chi connectivity index (χ0v) is 18.1.